The minimum Gasteiger partial charge on any atom is -0.465 e. The summed E-state index contributed by atoms with van der Waals surface area (Å²) in [6, 6.07) is 12.0. The van der Waals surface area contributed by atoms with Crippen LogP contribution in [0.2, 0.25) is 0 Å². The van der Waals surface area contributed by atoms with Gasteiger partial charge in [-0.2, -0.15) is 0 Å². The summed E-state index contributed by atoms with van der Waals surface area (Å²) in [5.74, 6) is -0.425. The van der Waals surface area contributed by atoms with E-state index in [1.807, 2.05) is 12.1 Å². The zero-order chi connectivity index (χ0) is 16.1. The number of benzene rings is 2. The van der Waals surface area contributed by atoms with Gasteiger partial charge in [-0.05, 0) is 54.5 Å². The molecule has 0 bridgehead atoms. The molecule has 2 aromatic rings. The molecular weight excluding hydrogens is 299 g/mol. The Morgan fingerprint density at radius 1 is 1.00 bits per heavy atom. The number of carbonyl (C=O) groups excluding carboxylic acids is 2. The van der Waals surface area contributed by atoms with Crippen molar-refractivity contribution in [1.82, 2.24) is 0 Å². The van der Waals surface area contributed by atoms with Crippen molar-refractivity contribution < 1.29 is 19.1 Å². The molecule has 0 saturated heterocycles. The minimum absolute atomic E-state index is 0.421. The number of aryl methyl sites for hydroxylation is 1. The Morgan fingerprint density at radius 3 is 2.18 bits per heavy atom. The fraction of sp³-hybridized carbons (Fsp3) is 0.176. The molecule has 0 N–H and O–H groups in total. The first kappa shape index (κ1) is 16.2. The van der Waals surface area contributed by atoms with Crippen molar-refractivity contribution in [2.75, 3.05) is 7.11 Å². The highest BCUT2D eigenvalue weighted by Crippen LogP contribution is 2.21. The van der Waals surface area contributed by atoms with Gasteiger partial charge in [0.15, 0.2) is 0 Å². The first-order valence-electron chi connectivity index (χ1n) is 6.75. The number of rotatable bonds is 4. The average Bonchev–Trinajstić information content (AvgIpc) is 2.55. The highest BCUT2D eigenvalue weighted by molar-refractivity contribution is 7.15. The van der Waals surface area contributed by atoms with E-state index in [2.05, 4.69) is 14.0 Å². The van der Waals surface area contributed by atoms with Crippen molar-refractivity contribution in [3.05, 3.63) is 64.7 Å². The molecule has 0 aliphatic carbocycles. The van der Waals surface area contributed by atoms with Gasteiger partial charge < -0.3 is 9.47 Å². The van der Waals surface area contributed by atoms with Gasteiger partial charge in [0.05, 0.1) is 18.2 Å². The first-order valence-corrected chi connectivity index (χ1v) is 7.57. The van der Waals surface area contributed by atoms with E-state index < -0.39 is 11.9 Å². The van der Waals surface area contributed by atoms with E-state index in [9.17, 15) is 9.59 Å². The molecule has 4 nitrogen and oxygen atoms in total. The molecule has 114 valence electrons. The van der Waals surface area contributed by atoms with Crippen LogP contribution >= 0.6 is 9.24 Å². The van der Waals surface area contributed by atoms with Crippen LogP contribution in [-0.4, -0.2) is 19.0 Å². The van der Waals surface area contributed by atoms with E-state index in [4.69, 9.17) is 4.74 Å². The monoisotopic (exact) mass is 316 g/mol. The molecule has 0 aliphatic heterocycles. The minimum atomic E-state index is -0.427. The third-order valence-electron chi connectivity index (χ3n) is 3.22. The van der Waals surface area contributed by atoms with Gasteiger partial charge in [0, 0.05) is 0 Å². The van der Waals surface area contributed by atoms with E-state index in [0.29, 0.717) is 22.4 Å². The zero-order valence-corrected chi connectivity index (χ0v) is 13.6. The Bertz CT molecular complexity index is 692. The second kappa shape index (κ2) is 7.19. The van der Waals surface area contributed by atoms with Gasteiger partial charge in [-0.3, -0.25) is 0 Å². The summed E-state index contributed by atoms with van der Waals surface area (Å²) < 4.78 is 10.0. The van der Waals surface area contributed by atoms with Crippen LogP contribution in [0, 0.1) is 6.92 Å². The standard InChI is InChI=1S/C17H17O4P/c1-11-9-14(16(18)20-2)7-8-15(11)21-17(19)13-5-3-12(10-22)4-6-13/h3-9H,10,22H2,1-2H3. The van der Waals surface area contributed by atoms with Crippen LogP contribution in [0.15, 0.2) is 42.5 Å². The van der Waals surface area contributed by atoms with Gasteiger partial charge in [0.1, 0.15) is 5.75 Å². The summed E-state index contributed by atoms with van der Waals surface area (Å²) >= 11 is 0. The molecular formula is C17H17O4P. The van der Waals surface area contributed by atoms with Gasteiger partial charge in [0.25, 0.3) is 0 Å². The van der Waals surface area contributed by atoms with Crippen LogP contribution in [0.25, 0.3) is 0 Å². The quantitative estimate of drug-likeness (QED) is 0.493. The van der Waals surface area contributed by atoms with Gasteiger partial charge in [-0.1, -0.05) is 12.1 Å². The van der Waals surface area contributed by atoms with Crippen molar-refractivity contribution in [3.63, 3.8) is 0 Å². The third-order valence-corrected chi connectivity index (χ3v) is 3.70. The molecule has 0 saturated carbocycles. The lowest BCUT2D eigenvalue weighted by molar-refractivity contribution is 0.0600. The highest BCUT2D eigenvalue weighted by Gasteiger charge is 2.12. The number of hydrogen-bond donors (Lipinski definition) is 0. The molecule has 0 heterocycles. The number of carbonyl (C=O) groups is 2. The summed E-state index contributed by atoms with van der Waals surface area (Å²) in [7, 11) is 3.96. The van der Waals surface area contributed by atoms with Crippen molar-refractivity contribution in [1.29, 1.82) is 0 Å². The summed E-state index contributed by atoms with van der Waals surface area (Å²) in [5, 5.41) is 0. The molecule has 1 unspecified atom stereocenters. The van der Waals surface area contributed by atoms with Gasteiger partial charge in [0.2, 0.25) is 0 Å². The second-order valence-corrected chi connectivity index (χ2v) is 5.17. The van der Waals surface area contributed by atoms with Crippen LogP contribution in [0.4, 0.5) is 0 Å². The maximum Gasteiger partial charge on any atom is 0.343 e. The van der Waals surface area contributed by atoms with Crippen molar-refractivity contribution in [3.8, 4) is 5.75 Å². The van der Waals surface area contributed by atoms with E-state index in [0.717, 1.165) is 11.7 Å². The molecule has 0 spiro atoms. The van der Waals surface area contributed by atoms with Crippen molar-refractivity contribution in [2.45, 2.75) is 13.1 Å². The fourth-order valence-electron chi connectivity index (χ4n) is 1.94. The second-order valence-electron chi connectivity index (χ2n) is 4.76. The molecule has 2 rings (SSSR count). The number of hydrogen-bond acceptors (Lipinski definition) is 4. The van der Waals surface area contributed by atoms with Crippen LogP contribution in [0.3, 0.4) is 0 Å². The first-order chi connectivity index (χ1) is 10.5. The topological polar surface area (TPSA) is 52.6 Å². The number of ether oxygens (including phenoxy) is 2. The Morgan fingerprint density at radius 2 is 1.64 bits per heavy atom. The maximum atomic E-state index is 12.1. The Kier molecular flexibility index (Phi) is 5.29. The molecule has 2 aromatic carbocycles. The average molecular weight is 316 g/mol. The smallest absolute Gasteiger partial charge is 0.343 e. The van der Waals surface area contributed by atoms with Crippen LogP contribution in [0.5, 0.6) is 5.75 Å². The van der Waals surface area contributed by atoms with E-state index in [1.165, 1.54) is 7.11 Å². The van der Waals surface area contributed by atoms with Gasteiger partial charge in [-0.25, -0.2) is 9.59 Å². The van der Waals surface area contributed by atoms with Crippen molar-refractivity contribution >= 4 is 21.2 Å². The predicted octanol–water partition coefficient (Wildman–Crippen LogP) is 3.38. The molecule has 1 atom stereocenters. The van der Waals surface area contributed by atoms with Gasteiger partial charge in [-0.15, -0.1) is 9.24 Å². The molecule has 0 aromatic heterocycles. The third kappa shape index (κ3) is 3.71. The lowest BCUT2D eigenvalue weighted by Crippen LogP contribution is -2.10. The van der Waals surface area contributed by atoms with Crippen molar-refractivity contribution in [2.24, 2.45) is 0 Å². The maximum absolute atomic E-state index is 12.1. The molecule has 0 amide bonds. The molecule has 22 heavy (non-hydrogen) atoms. The molecule has 0 fully saturated rings. The summed E-state index contributed by atoms with van der Waals surface area (Å²) in [4.78, 5) is 23.6. The molecule has 0 radical (unpaired) electrons. The zero-order valence-electron chi connectivity index (χ0n) is 12.5. The number of methoxy groups -OCH3 is 1. The SMILES string of the molecule is COC(=O)c1ccc(OC(=O)c2ccc(CP)cc2)c(C)c1. The fourth-order valence-corrected chi connectivity index (χ4v) is 2.22. The van der Waals surface area contributed by atoms with E-state index in [1.54, 1.807) is 37.3 Å². The van der Waals surface area contributed by atoms with E-state index in [-0.39, 0.29) is 0 Å². The summed E-state index contributed by atoms with van der Waals surface area (Å²) in [6.45, 7) is 1.77. The normalized spacial score (nSPS) is 10.1. The van der Waals surface area contributed by atoms with Crippen LogP contribution in [0.1, 0.15) is 31.8 Å². The lowest BCUT2D eigenvalue weighted by atomic mass is 10.1. The largest absolute Gasteiger partial charge is 0.465 e. The molecule has 0 aliphatic rings. The Hall–Kier alpha value is -2.19. The summed E-state index contributed by atoms with van der Waals surface area (Å²) in [5.41, 5.74) is 2.72. The Labute approximate surface area is 131 Å². The van der Waals surface area contributed by atoms with Gasteiger partial charge >= 0.3 is 11.9 Å². The highest BCUT2D eigenvalue weighted by atomic mass is 31.0. The Balaban J connectivity index is 2.15. The summed E-state index contributed by atoms with van der Waals surface area (Å²) in [6.07, 6.45) is 0.837. The van der Waals surface area contributed by atoms with Crippen LogP contribution < -0.4 is 4.74 Å². The predicted molar refractivity (Wildman–Crippen MR) is 87.3 cm³/mol. The lowest BCUT2D eigenvalue weighted by Gasteiger charge is -2.09. The molecule has 5 heteroatoms. The van der Waals surface area contributed by atoms with Crippen LogP contribution in [-0.2, 0) is 10.9 Å². The van der Waals surface area contributed by atoms with E-state index >= 15 is 0 Å². The number of esters is 2.